The second-order valence-electron chi connectivity index (χ2n) is 6.29. The van der Waals surface area contributed by atoms with Crippen molar-refractivity contribution in [3.63, 3.8) is 0 Å². The Labute approximate surface area is 158 Å². The van der Waals surface area contributed by atoms with Crippen LogP contribution in [-0.2, 0) is 12.8 Å². The van der Waals surface area contributed by atoms with Gasteiger partial charge < -0.3 is 0 Å². The van der Waals surface area contributed by atoms with Crippen LogP contribution in [0.25, 0.3) is 10.2 Å². The molecule has 0 N–H and O–H groups in total. The van der Waals surface area contributed by atoms with E-state index in [-0.39, 0.29) is 11.5 Å². The van der Waals surface area contributed by atoms with Crippen LogP contribution in [0.5, 0.6) is 0 Å². The number of nitrogens with zero attached hydrogens (tertiary/aromatic N) is 2. The maximum absolute atomic E-state index is 12.5. The number of nitro benzene ring substituents is 1. The van der Waals surface area contributed by atoms with Crippen LogP contribution in [0.1, 0.15) is 34.3 Å². The van der Waals surface area contributed by atoms with Gasteiger partial charge in [-0.25, -0.2) is 4.98 Å². The van der Waals surface area contributed by atoms with Crippen molar-refractivity contribution in [2.45, 2.75) is 30.0 Å². The first-order valence-electron chi connectivity index (χ1n) is 8.43. The molecule has 0 radical (unpaired) electrons. The third kappa shape index (κ3) is 3.50. The molecule has 0 atom stereocenters. The van der Waals surface area contributed by atoms with E-state index in [1.807, 2.05) is 12.1 Å². The largest absolute Gasteiger partial charge is 0.293 e. The molecule has 2 aromatic carbocycles. The van der Waals surface area contributed by atoms with Crippen molar-refractivity contribution >= 4 is 44.8 Å². The SMILES string of the molecule is O=C(CSc1nc2ccc([N+](=O)[O-])cc2s1)c1ccc2c(c1)CCCC2. The maximum atomic E-state index is 12.5. The molecule has 0 saturated heterocycles. The third-order valence-corrected chi connectivity index (χ3v) is 6.72. The Morgan fingerprint density at radius 1 is 1.15 bits per heavy atom. The van der Waals surface area contributed by atoms with Gasteiger partial charge in [0, 0.05) is 17.7 Å². The number of Topliss-reactive ketones (excluding diaryl/α,β-unsaturated/α-hetero) is 1. The van der Waals surface area contributed by atoms with E-state index in [1.165, 1.54) is 59.2 Å². The minimum Gasteiger partial charge on any atom is -0.293 e. The van der Waals surface area contributed by atoms with Crippen LogP contribution >= 0.6 is 23.1 Å². The number of aromatic nitrogens is 1. The summed E-state index contributed by atoms with van der Waals surface area (Å²) in [5.41, 5.74) is 4.22. The molecule has 0 amide bonds. The minimum absolute atomic E-state index is 0.0582. The van der Waals surface area contributed by atoms with E-state index in [0.29, 0.717) is 5.75 Å². The lowest BCUT2D eigenvalue weighted by atomic mass is 9.90. The second-order valence-corrected chi connectivity index (χ2v) is 8.54. The predicted molar refractivity (Wildman–Crippen MR) is 104 cm³/mol. The fourth-order valence-corrected chi connectivity index (χ4v) is 5.18. The molecule has 0 fully saturated rings. The monoisotopic (exact) mass is 384 g/mol. The van der Waals surface area contributed by atoms with Crippen LogP contribution in [0.2, 0.25) is 0 Å². The van der Waals surface area contributed by atoms with E-state index in [0.717, 1.165) is 33.0 Å². The van der Waals surface area contributed by atoms with E-state index in [9.17, 15) is 14.9 Å². The van der Waals surface area contributed by atoms with E-state index in [1.54, 1.807) is 6.07 Å². The fourth-order valence-electron chi connectivity index (χ4n) is 3.18. The van der Waals surface area contributed by atoms with E-state index in [4.69, 9.17) is 0 Å². The number of nitro groups is 1. The highest BCUT2D eigenvalue weighted by molar-refractivity contribution is 8.01. The van der Waals surface area contributed by atoms with Crippen LogP contribution < -0.4 is 0 Å². The van der Waals surface area contributed by atoms with Crippen molar-refractivity contribution in [2.75, 3.05) is 5.75 Å². The molecule has 0 aliphatic heterocycles. The average molecular weight is 384 g/mol. The lowest BCUT2D eigenvalue weighted by Gasteiger charge is -2.16. The van der Waals surface area contributed by atoms with Crippen molar-refractivity contribution in [3.8, 4) is 0 Å². The number of thiazole rings is 1. The van der Waals surface area contributed by atoms with E-state index >= 15 is 0 Å². The normalized spacial score (nSPS) is 13.5. The summed E-state index contributed by atoms with van der Waals surface area (Å²) in [5, 5.41) is 10.9. The highest BCUT2D eigenvalue weighted by Crippen LogP contribution is 2.32. The summed E-state index contributed by atoms with van der Waals surface area (Å²) in [6.07, 6.45) is 4.58. The summed E-state index contributed by atoms with van der Waals surface area (Å²) in [7, 11) is 0. The first-order valence-corrected chi connectivity index (χ1v) is 10.2. The van der Waals surface area contributed by atoms with Crippen LogP contribution in [0.3, 0.4) is 0 Å². The van der Waals surface area contributed by atoms with Crippen molar-refractivity contribution in [2.24, 2.45) is 0 Å². The zero-order chi connectivity index (χ0) is 18.1. The molecule has 0 spiro atoms. The Balaban J connectivity index is 1.47. The standard InChI is InChI=1S/C19H16N2O3S2/c22-17(14-6-5-12-3-1-2-4-13(12)9-14)11-25-19-20-16-8-7-15(21(23)24)10-18(16)26-19/h5-10H,1-4,11H2. The molecule has 7 heteroatoms. The zero-order valence-corrected chi connectivity index (χ0v) is 15.6. The van der Waals surface area contributed by atoms with Gasteiger partial charge in [0.15, 0.2) is 10.1 Å². The molecule has 4 rings (SSSR count). The first-order chi connectivity index (χ1) is 12.6. The number of hydrogen-bond donors (Lipinski definition) is 0. The molecule has 1 aromatic heterocycles. The van der Waals surface area contributed by atoms with E-state index in [2.05, 4.69) is 11.1 Å². The number of non-ortho nitro benzene ring substituents is 1. The summed E-state index contributed by atoms with van der Waals surface area (Å²) in [6, 6.07) is 10.7. The first kappa shape index (κ1) is 17.2. The van der Waals surface area contributed by atoms with Gasteiger partial charge in [0.2, 0.25) is 0 Å². The zero-order valence-electron chi connectivity index (χ0n) is 13.9. The number of carbonyl (C=O) groups is 1. The predicted octanol–water partition coefficient (Wildman–Crippen LogP) is 5.06. The van der Waals surface area contributed by atoms with Gasteiger partial charge in [-0.3, -0.25) is 14.9 Å². The lowest BCUT2D eigenvalue weighted by Crippen LogP contribution is -2.07. The van der Waals surface area contributed by atoms with Crippen LogP contribution in [0.15, 0.2) is 40.7 Å². The number of fused-ring (bicyclic) bond motifs is 2. The average Bonchev–Trinajstić information content (AvgIpc) is 3.07. The molecule has 0 unspecified atom stereocenters. The van der Waals surface area contributed by atoms with Crippen molar-refractivity contribution < 1.29 is 9.72 Å². The Hall–Kier alpha value is -2.25. The molecular formula is C19H16N2O3S2. The molecule has 132 valence electrons. The topological polar surface area (TPSA) is 73.1 Å². The number of benzene rings is 2. The Morgan fingerprint density at radius 2 is 1.96 bits per heavy atom. The molecule has 0 bridgehead atoms. The molecule has 1 aliphatic carbocycles. The number of rotatable bonds is 5. The molecule has 0 saturated carbocycles. The Bertz CT molecular complexity index is 1010. The van der Waals surface area contributed by atoms with Gasteiger partial charge >= 0.3 is 0 Å². The molecule has 5 nitrogen and oxygen atoms in total. The minimum atomic E-state index is -0.411. The van der Waals surface area contributed by atoms with Crippen LogP contribution in [0, 0.1) is 10.1 Å². The van der Waals surface area contributed by atoms with Gasteiger partial charge in [0.05, 0.1) is 20.9 Å². The molecule has 26 heavy (non-hydrogen) atoms. The van der Waals surface area contributed by atoms with Gasteiger partial charge in [-0.15, -0.1) is 11.3 Å². The quantitative estimate of drug-likeness (QED) is 0.266. The Kier molecular flexibility index (Phi) is 4.74. The van der Waals surface area contributed by atoms with Gasteiger partial charge in [0.1, 0.15) is 0 Å². The smallest absolute Gasteiger partial charge is 0.270 e. The summed E-state index contributed by atoms with van der Waals surface area (Å²) < 4.78 is 1.52. The fraction of sp³-hybridized carbons (Fsp3) is 0.263. The number of thioether (sulfide) groups is 1. The summed E-state index contributed by atoms with van der Waals surface area (Å²) >= 11 is 2.77. The van der Waals surface area contributed by atoms with Gasteiger partial charge in [-0.05, 0) is 48.9 Å². The van der Waals surface area contributed by atoms with Gasteiger partial charge in [-0.1, -0.05) is 23.9 Å². The number of ketones is 1. The van der Waals surface area contributed by atoms with Crippen molar-refractivity contribution in [3.05, 3.63) is 63.2 Å². The third-order valence-electron chi connectivity index (χ3n) is 4.56. The summed E-state index contributed by atoms with van der Waals surface area (Å²) in [6.45, 7) is 0. The maximum Gasteiger partial charge on any atom is 0.270 e. The van der Waals surface area contributed by atoms with E-state index < -0.39 is 4.92 Å². The number of aryl methyl sites for hydroxylation is 2. The summed E-state index contributed by atoms with van der Waals surface area (Å²) in [5.74, 6) is 0.411. The lowest BCUT2D eigenvalue weighted by molar-refractivity contribution is -0.384. The van der Waals surface area contributed by atoms with Gasteiger partial charge in [0.25, 0.3) is 5.69 Å². The van der Waals surface area contributed by atoms with Gasteiger partial charge in [-0.2, -0.15) is 0 Å². The van der Waals surface area contributed by atoms with Crippen molar-refractivity contribution in [1.82, 2.24) is 4.98 Å². The second kappa shape index (κ2) is 7.17. The van der Waals surface area contributed by atoms with Crippen LogP contribution in [0.4, 0.5) is 5.69 Å². The molecule has 3 aromatic rings. The number of carbonyl (C=O) groups excluding carboxylic acids is 1. The van der Waals surface area contributed by atoms with Crippen molar-refractivity contribution in [1.29, 1.82) is 0 Å². The molecule has 1 aliphatic rings. The molecule has 1 heterocycles. The summed E-state index contributed by atoms with van der Waals surface area (Å²) in [4.78, 5) is 27.4. The highest BCUT2D eigenvalue weighted by Gasteiger charge is 2.15. The molecular weight excluding hydrogens is 368 g/mol. The van der Waals surface area contributed by atoms with Crippen LogP contribution in [-0.4, -0.2) is 21.4 Å². The highest BCUT2D eigenvalue weighted by atomic mass is 32.2. The number of hydrogen-bond acceptors (Lipinski definition) is 6. The Morgan fingerprint density at radius 3 is 2.77 bits per heavy atom.